The maximum Gasteiger partial charge on any atom is 0.224 e. The van der Waals surface area contributed by atoms with Crippen molar-refractivity contribution < 1.29 is 4.57 Å². The SMILES string of the molecule is Cc1c2c(cc3ccccc13)N(C)c1cc(C(C)C)cc3cc[n+](C)c-2c13. The highest BCUT2D eigenvalue weighted by Gasteiger charge is 2.31. The number of benzene rings is 3. The average molecular weight is 353 g/mol. The van der Waals surface area contributed by atoms with E-state index in [1.165, 1.54) is 55.3 Å². The molecule has 0 saturated heterocycles. The van der Waals surface area contributed by atoms with Crippen molar-refractivity contribution in [2.45, 2.75) is 26.7 Å². The standard InChI is InChI=1S/C25H25N2/c1-15(2)19-12-18-10-11-26(4)25-23-16(3)20-9-7-6-8-17(20)13-21(23)27(5)22(14-19)24(18)25/h6-15H,1-5H3/q+1. The van der Waals surface area contributed by atoms with Gasteiger partial charge < -0.3 is 4.90 Å². The summed E-state index contributed by atoms with van der Waals surface area (Å²) in [7, 11) is 4.38. The van der Waals surface area contributed by atoms with E-state index in [0.29, 0.717) is 5.92 Å². The lowest BCUT2D eigenvalue weighted by atomic mass is 9.87. The summed E-state index contributed by atoms with van der Waals surface area (Å²) in [6.45, 7) is 6.81. The van der Waals surface area contributed by atoms with Crippen LogP contribution in [0.3, 0.4) is 0 Å². The van der Waals surface area contributed by atoms with Crippen LogP contribution in [0.2, 0.25) is 0 Å². The van der Waals surface area contributed by atoms with Gasteiger partial charge in [0.1, 0.15) is 7.05 Å². The van der Waals surface area contributed by atoms with Gasteiger partial charge in [-0.1, -0.05) is 44.2 Å². The predicted molar refractivity (Wildman–Crippen MR) is 115 cm³/mol. The minimum absolute atomic E-state index is 0.510. The molecule has 0 bridgehead atoms. The smallest absolute Gasteiger partial charge is 0.224 e. The Morgan fingerprint density at radius 1 is 0.926 bits per heavy atom. The molecule has 4 aromatic rings. The second-order valence-corrected chi connectivity index (χ2v) is 8.11. The lowest BCUT2D eigenvalue weighted by Gasteiger charge is -2.31. The van der Waals surface area contributed by atoms with Gasteiger partial charge in [-0.15, -0.1) is 0 Å². The van der Waals surface area contributed by atoms with Crippen molar-refractivity contribution in [1.82, 2.24) is 0 Å². The molecule has 0 saturated carbocycles. The number of aryl methyl sites for hydroxylation is 2. The van der Waals surface area contributed by atoms with E-state index in [2.05, 4.69) is 99.1 Å². The first-order valence-corrected chi connectivity index (χ1v) is 9.70. The maximum atomic E-state index is 2.38. The summed E-state index contributed by atoms with van der Waals surface area (Å²) in [4.78, 5) is 2.38. The van der Waals surface area contributed by atoms with Gasteiger partial charge in [-0.3, -0.25) is 0 Å². The van der Waals surface area contributed by atoms with Crippen LogP contribution in [-0.2, 0) is 7.05 Å². The van der Waals surface area contributed by atoms with Gasteiger partial charge in [0, 0.05) is 13.1 Å². The van der Waals surface area contributed by atoms with Crippen LogP contribution in [0.4, 0.5) is 11.4 Å². The molecule has 0 radical (unpaired) electrons. The molecule has 0 atom stereocenters. The number of nitrogens with zero attached hydrogens (tertiary/aromatic N) is 2. The maximum absolute atomic E-state index is 2.38. The molecule has 0 spiro atoms. The fourth-order valence-electron chi connectivity index (χ4n) is 4.61. The summed E-state index contributed by atoms with van der Waals surface area (Å²) in [6.07, 6.45) is 2.20. The Balaban J connectivity index is 1.99. The molecular weight excluding hydrogens is 328 g/mol. The summed E-state index contributed by atoms with van der Waals surface area (Å²) in [5, 5.41) is 5.33. The summed E-state index contributed by atoms with van der Waals surface area (Å²) in [5.74, 6) is 0.510. The van der Waals surface area contributed by atoms with E-state index in [-0.39, 0.29) is 0 Å². The van der Waals surface area contributed by atoms with Crippen molar-refractivity contribution in [2.24, 2.45) is 7.05 Å². The molecule has 1 aromatic heterocycles. The first-order valence-electron chi connectivity index (χ1n) is 9.70. The number of hydrogen-bond acceptors (Lipinski definition) is 1. The van der Waals surface area contributed by atoms with Crippen LogP contribution in [0, 0.1) is 6.92 Å². The Morgan fingerprint density at radius 2 is 1.70 bits per heavy atom. The normalized spacial score (nSPS) is 12.9. The van der Waals surface area contributed by atoms with Crippen LogP contribution in [0.5, 0.6) is 0 Å². The molecule has 0 fully saturated rings. The highest BCUT2D eigenvalue weighted by atomic mass is 15.1. The van der Waals surface area contributed by atoms with Crippen molar-refractivity contribution in [3.63, 3.8) is 0 Å². The minimum atomic E-state index is 0.510. The van der Waals surface area contributed by atoms with Crippen LogP contribution in [0.25, 0.3) is 32.8 Å². The summed E-state index contributed by atoms with van der Waals surface area (Å²) in [5.41, 5.74) is 8.04. The van der Waals surface area contributed by atoms with E-state index in [4.69, 9.17) is 0 Å². The molecule has 2 heteroatoms. The van der Waals surface area contributed by atoms with Crippen LogP contribution in [0.1, 0.15) is 30.9 Å². The molecule has 27 heavy (non-hydrogen) atoms. The van der Waals surface area contributed by atoms with Crippen LogP contribution < -0.4 is 9.47 Å². The summed E-state index contributed by atoms with van der Waals surface area (Å²) >= 11 is 0. The zero-order valence-corrected chi connectivity index (χ0v) is 16.7. The molecule has 134 valence electrons. The van der Waals surface area contributed by atoms with E-state index in [1.54, 1.807) is 0 Å². The van der Waals surface area contributed by atoms with Crippen molar-refractivity contribution in [2.75, 3.05) is 11.9 Å². The van der Waals surface area contributed by atoms with Crippen LogP contribution >= 0.6 is 0 Å². The van der Waals surface area contributed by atoms with E-state index < -0.39 is 0 Å². The van der Waals surface area contributed by atoms with Gasteiger partial charge in [0.25, 0.3) is 0 Å². The number of anilines is 2. The predicted octanol–water partition coefficient (Wildman–Crippen LogP) is 6.00. The Morgan fingerprint density at radius 3 is 2.48 bits per heavy atom. The van der Waals surface area contributed by atoms with Gasteiger partial charge in [0.15, 0.2) is 6.20 Å². The number of hydrogen-bond donors (Lipinski definition) is 0. The van der Waals surface area contributed by atoms with Gasteiger partial charge >= 0.3 is 0 Å². The van der Waals surface area contributed by atoms with Gasteiger partial charge in [-0.25, -0.2) is 4.57 Å². The fourth-order valence-corrected chi connectivity index (χ4v) is 4.61. The second-order valence-electron chi connectivity index (χ2n) is 8.11. The molecule has 0 amide bonds. The van der Waals surface area contributed by atoms with Crippen LogP contribution in [-0.4, -0.2) is 7.05 Å². The molecule has 0 unspecified atom stereocenters. The molecule has 2 nitrogen and oxygen atoms in total. The topological polar surface area (TPSA) is 7.12 Å². The summed E-state index contributed by atoms with van der Waals surface area (Å²) in [6, 6.07) is 18.1. The Bertz CT molecular complexity index is 1230. The summed E-state index contributed by atoms with van der Waals surface area (Å²) < 4.78 is 2.29. The van der Waals surface area contributed by atoms with Crippen molar-refractivity contribution in [3.8, 4) is 11.3 Å². The van der Waals surface area contributed by atoms with Gasteiger partial charge in [0.2, 0.25) is 5.69 Å². The Kier molecular flexibility index (Phi) is 3.36. The molecule has 1 aliphatic rings. The number of pyridine rings is 1. The van der Waals surface area contributed by atoms with Crippen molar-refractivity contribution in [1.29, 1.82) is 0 Å². The molecule has 0 aliphatic carbocycles. The Hall–Kier alpha value is -2.87. The average Bonchev–Trinajstić information content (AvgIpc) is 2.67. The number of fused-ring (bicyclic) bond motifs is 3. The van der Waals surface area contributed by atoms with E-state index in [9.17, 15) is 0 Å². The molecule has 5 rings (SSSR count). The van der Waals surface area contributed by atoms with Crippen molar-refractivity contribution in [3.05, 3.63) is 65.9 Å². The molecule has 0 N–H and O–H groups in total. The monoisotopic (exact) mass is 353 g/mol. The van der Waals surface area contributed by atoms with Crippen molar-refractivity contribution >= 4 is 32.9 Å². The number of aromatic nitrogens is 1. The lowest BCUT2D eigenvalue weighted by Crippen LogP contribution is -2.33. The molecule has 2 heterocycles. The van der Waals surface area contributed by atoms with Crippen LogP contribution in [0.15, 0.2) is 54.7 Å². The zero-order valence-electron chi connectivity index (χ0n) is 16.7. The zero-order chi connectivity index (χ0) is 18.9. The van der Waals surface area contributed by atoms with Gasteiger partial charge in [0.05, 0.1) is 22.3 Å². The van der Waals surface area contributed by atoms with E-state index >= 15 is 0 Å². The third-order valence-electron chi connectivity index (χ3n) is 6.15. The fraction of sp³-hybridized carbons (Fsp3) is 0.240. The van der Waals surface area contributed by atoms with E-state index in [1.807, 2.05) is 0 Å². The first-order chi connectivity index (χ1) is 13.0. The first kappa shape index (κ1) is 16.3. The number of rotatable bonds is 1. The highest BCUT2D eigenvalue weighted by molar-refractivity contribution is 6.13. The van der Waals surface area contributed by atoms with E-state index in [0.717, 1.165) is 0 Å². The van der Waals surface area contributed by atoms with Gasteiger partial charge in [-0.2, -0.15) is 0 Å². The molecular formula is C25H25N2+. The van der Waals surface area contributed by atoms with Gasteiger partial charge in [-0.05, 0) is 52.3 Å². The third kappa shape index (κ3) is 2.16. The largest absolute Gasteiger partial charge is 0.343 e. The lowest BCUT2D eigenvalue weighted by molar-refractivity contribution is -0.659. The minimum Gasteiger partial charge on any atom is -0.343 e. The quantitative estimate of drug-likeness (QED) is 0.381. The molecule has 3 aromatic carbocycles. The highest BCUT2D eigenvalue weighted by Crippen LogP contribution is 2.49. The Labute approximate surface area is 160 Å². The molecule has 1 aliphatic heterocycles. The third-order valence-corrected chi connectivity index (χ3v) is 6.15. The second kappa shape index (κ2) is 5.56.